The molecule has 1 atom stereocenters. The van der Waals surface area contributed by atoms with E-state index in [1.807, 2.05) is 26.0 Å². The zero-order valence-corrected chi connectivity index (χ0v) is 12.7. The van der Waals surface area contributed by atoms with E-state index in [0.717, 1.165) is 24.5 Å². The lowest BCUT2D eigenvalue weighted by molar-refractivity contribution is 0.141. The van der Waals surface area contributed by atoms with Crippen molar-refractivity contribution in [3.8, 4) is 0 Å². The Hall–Kier alpha value is -1.17. The molecule has 0 radical (unpaired) electrons. The number of hydrogen-bond donors (Lipinski definition) is 1. The van der Waals surface area contributed by atoms with Gasteiger partial charge in [0.15, 0.2) is 0 Å². The summed E-state index contributed by atoms with van der Waals surface area (Å²) in [6.45, 7) is 10.0. The smallest absolute Gasteiger partial charge is 0.128 e. The summed E-state index contributed by atoms with van der Waals surface area (Å²) in [6, 6.07) is 3.83. The lowest BCUT2D eigenvalue weighted by atomic mass is 10.2. The van der Waals surface area contributed by atoms with E-state index in [1.54, 1.807) is 13.1 Å². The van der Waals surface area contributed by atoms with E-state index in [4.69, 9.17) is 9.47 Å². The van der Waals surface area contributed by atoms with Gasteiger partial charge >= 0.3 is 0 Å². The van der Waals surface area contributed by atoms with Crippen LogP contribution >= 0.6 is 0 Å². The standard InChI is InChI=1S/C15H26N2O3/c1-4-19-10-8-17(9-11-20-5-2)15-7-6-14(12-16-15)13(3)18/h6-7,12-13,18H,4-5,8-11H2,1-3H3/t13-/m1/s1. The number of hydrogen-bond acceptors (Lipinski definition) is 5. The Morgan fingerprint density at radius 2 is 1.75 bits per heavy atom. The van der Waals surface area contributed by atoms with Crippen molar-refractivity contribution >= 4 is 5.82 Å². The first-order chi connectivity index (χ1) is 9.69. The number of nitrogens with zero attached hydrogens (tertiary/aromatic N) is 2. The van der Waals surface area contributed by atoms with Crippen LogP contribution in [0.2, 0.25) is 0 Å². The van der Waals surface area contributed by atoms with Crippen molar-refractivity contribution in [3.05, 3.63) is 23.9 Å². The highest BCUT2D eigenvalue weighted by Crippen LogP contribution is 2.15. The van der Waals surface area contributed by atoms with Gasteiger partial charge in [0.2, 0.25) is 0 Å². The number of rotatable bonds is 10. The number of ether oxygens (including phenoxy) is 2. The molecule has 0 amide bonds. The summed E-state index contributed by atoms with van der Waals surface area (Å²) in [6.07, 6.45) is 1.23. The third-order valence-electron chi connectivity index (χ3n) is 3.00. The number of pyridine rings is 1. The zero-order valence-electron chi connectivity index (χ0n) is 12.7. The molecule has 114 valence electrons. The summed E-state index contributed by atoms with van der Waals surface area (Å²) in [5, 5.41) is 9.51. The fourth-order valence-electron chi connectivity index (χ4n) is 1.81. The molecule has 1 aromatic rings. The number of aliphatic hydroxyl groups is 1. The molecule has 20 heavy (non-hydrogen) atoms. The predicted molar refractivity (Wildman–Crippen MR) is 80.1 cm³/mol. The lowest BCUT2D eigenvalue weighted by Crippen LogP contribution is -2.31. The van der Waals surface area contributed by atoms with Gasteiger partial charge in [-0.1, -0.05) is 6.07 Å². The molecule has 5 nitrogen and oxygen atoms in total. The van der Waals surface area contributed by atoms with E-state index in [-0.39, 0.29) is 0 Å². The maximum atomic E-state index is 9.51. The van der Waals surface area contributed by atoms with Crippen LogP contribution < -0.4 is 4.90 Å². The van der Waals surface area contributed by atoms with Gasteiger partial charge in [0.1, 0.15) is 5.82 Å². The fraction of sp³-hybridized carbons (Fsp3) is 0.667. The minimum absolute atomic E-state index is 0.489. The summed E-state index contributed by atoms with van der Waals surface area (Å²) >= 11 is 0. The monoisotopic (exact) mass is 282 g/mol. The summed E-state index contributed by atoms with van der Waals surface area (Å²) in [5.74, 6) is 0.883. The van der Waals surface area contributed by atoms with Gasteiger partial charge in [0, 0.05) is 32.5 Å². The van der Waals surface area contributed by atoms with E-state index in [0.29, 0.717) is 26.4 Å². The highest BCUT2D eigenvalue weighted by Gasteiger charge is 2.09. The molecule has 0 fully saturated rings. The third-order valence-corrected chi connectivity index (χ3v) is 3.00. The second-order valence-electron chi connectivity index (χ2n) is 4.51. The van der Waals surface area contributed by atoms with Gasteiger partial charge in [-0.3, -0.25) is 0 Å². The minimum atomic E-state index is -0.489. The molecular formula is C15H26N2O3. The number of anilines is 1. The molecule has 0 unspecified atom stereocenters. The Morgan fingerprint density at radius 1 is 1.15 bits per heavy atom. The first kappa shape index (κ1) is 16.9. The first-order valence-corrected chi connectivity index (χ1v) is 7.23. The zero-order chi connectivity index (χ0) is 14.8. The molecule has 0 bridgehead atoms. The van der Waals surface area contributed by atoms with Crippen molar-refractivity contribution in [1.29, 1.82) is 0 Å². The van der Waals surface area contributed by atoms with Crippen LogP contribution in [0.1, 0.15) is 32.4 Å². The van der Waals surface area contributed by atoms with Crippen molar-refractivity contribution < 1.29 is 14.6 Å². The van der Waals surface area contributed by atoms with Gasteiger partial charge in [-0.15, -0.1) is 0 Å². The van der Waals surface area contributed by atoms with Crippen LogP contribution in [-0.4, -0.2) is 49.6 Å². The maximum Gasteiger partial charge on any atom is 0.128 e. The van der Waals surface area contributed by atoms with Crippen molar-refractivity contribution in [2.24, 2.45) is 0 Å². The third kappa shape index (κ3) is 5.86. The van der Waals surface area contributed by atoms with E-state index >= 15 is 0 Å². The average molecular weight is 282 g/mol. The van der Waals surface area contributed by atoms with E-state index in [1.165, 1.54) is 0 Å². The van der Waals surface area contributed by atoms with Crippen LogP contribution in [0.25, 0.3) is 0 Å². The van der Waals surface area contributed by atoms with Crippen LogP contribution in [0.15, 0.2) is 18.3 Å². The summed E-state index contributed by atoms with van der Waals surface area (Å²) < 4.78 is 10.8. The van der Waals surface area contributed by atoms with Crippen molar-refractivity contribution in [2.75, 3.05) is 44.4 Å². The molecule has 1 rings (SSSR count). The summed E-state index contributed by atoms with van der Waals surface area (Å²) in [4.78, 5) is 6.55. The normalized spacial score (nSPS) is 12.4. The van der Waals surface area contributed by atoms with Gasteiger partial charge in [0.25, 0.3) is 0 Å². The topological polar surface area (TPSA) is 54.8 Å². The van der Waals surface area contributed by atoms with Gasteiger partial charge < -0.3 is 19.5 Å². The van der Waals surface area contributed by atoms with Gasteiger partial charge in [-0.05, 0) is 32.4 Å². The van der Waals surface area contributed by atoms with E-state index < -0.39 is 6.10 Å². The highest BCUT2D eigenvalue weighted by molar-refractivity contribution is 5.39. The van der Waals surface area contributed by atoms with Gasteiger partial charge in [-0.2, -0.15) is 0 Å². The fourth-order valence-corrected chi connectivity index (χ4v) is 1.81. The maximum absolute atomic E-state index is 9.51. The van der Waals surface area contributed by atoms with Crippen LogP contribution in [0, 0.1) is 0 Å². The van der Waals surface area contributed by atoms with E-state index in [9.17, 15) is 5.11 Å². The highest BCUT2D eigenvalue weighted by atomic mass is 16.5. The molecule has 1 N–H and O–H groups in total. The Balaban J connectivity index is 2.64. The summed E-state index contributed by atoms with van der Waals surface area (Å²) in [7, 11) is 0. The molecular weight excluding hydrogens is 256 g/mol. The van der Waals surface area contributed by atoms with Crippen LogP contribution in [0.5, 0.6) is 0 Å². The van der Waals surface area contributed by atoms with Gasteiger partial charge in [-0.25, -0.2) is 4.98 Å². The van der Waals surface area contributed by atoms with Gasteiger partial charge in [0.05, 0.1) is 19.3 Å². The van der Waals surface area contributed by atoms with Crippen LogP contribution in [-0.2, 0) is 9.47 Å². The SMILES string of the molecule is CCOCCN(CCOCC)c1ccc([C@@H](C)O)cn1. The molecule has 0 aromatic carbocycles. The minimum Gasteiger partial charge on any atom is -0.389 e. The van der Waals surface area contributed by atoms with Crippen LogP contribution in [0.4, 0.5) is 5.82 Å². The van der Waals surface area contributed by atoms with Crippen LogP contribution in [0.3, 0.4) is 0 Å². The quantitative estimate of drug-likeness (QED) is 0.665. The van der Waals surface area contributed by atoms with Crippen molar-refractivity contribution in [2.45, 2.75) is 26.9 Å². The number of aliphatic hydroxyl groups excluding tert-OH is 1. The molecule has 1 aromatic heterocycles. The number of aromatic nitrogens is 1. The molecule has 0 aliphatic heterocycles. The summed E-state index contributed by atoms with van der Waals surface area (Å²) in [5.41, 5.74) is 0.823. The lowest BCUT2D eigenvalue weighted by Gasteiger charge is -2.23. The Kier molecular flexibility index (Phi) is 8.18. The molecule has 0 spiro atoms. The Bertz CT molecular complexity index is 345. The molecule has 0 saturated heterocycles. The largest absolute Gasteiger partial charge is 0.389 e. The molecule has 1 heterocycles. The van der Waals surface area contributed by atoms with Crippen molar-refractivity contribution in [1.82, 2.24) is 4.98 Å². The molecule has 0 saturated carbocycles. The second kappa shape index (κ2) is 9.69. The van der Waals surface area contributed by atoms with E-state index in [2.05, 4.69) is 9.88 Å². The average Bonchev–Trinajstić information content (AvgIpc) is 2.46. The first-order valence-electron chi connectivity index (χ1n) is 7.23. The second-order valence-corrected chi connectivity index (χ2v) is 4.51. The molecule has 5 heteroatoms. The van der Waals surface area contributed by atoms with Crippen molar-refractivity contribution in [3.63, 3.8) is 0 Å². The molecule has 0 aliphatic rings. The Morgan fingerprint density at radius 3 is 2.15 bits per heavy atom. The predicted octanol–water partition coefficient (Wildman–Crippen LogP) is 2.01. The molecule has 0 aliphatic carbocycles. The Labute approximate surface area is 121 Å².